The van der Waals surface area contributed by atoms with Gasteiger partial charge in [0.2, 0.25) is 0 Å². The van der Waals surface area contributed by atoms with Gasteiger partial charge in [-0.2, -0.15) is 0 Å². The lowest BCUT2D eigenvalue weighted by Gasteiger charge is -2.16. The third kappa shape index (κ3) is 3.49. The van der Waals surface area contributed by atoms with Gasteiger partial charge in [-0.3, -0.25) is 0 Å². The lowest BCUT2D eigenvalue weighted by molar-refractivity contribution is 0.245. The van der Waals surface area contributed by atoms with Crippen molar-refractivity contribution in [1.29, 1.82) is 0 Å². The standard InChI is InChI=1S/C15H19ClN2O3/c1-10(2)18-9-17-6-13(18)8-21-15-11(7-19)4-12(16)5-14(15)20-3/h4-6,9-10,19H,7-8H2,1-3H3. The van der Waals surface area contributed by atoms with Gasteiger partial charge >= 0.3 is 0 Å². The first-order valence-electron chi connectivity index (χ1n) is 6.67. The molecule has 0 fully saturated rings. The van der Waals surface area contributed by atoms with Crippen molar-refractivity contribution in [3.63, 3.8) is 0 Å². The molecule has 0 spiro atoms. The largest absolute Gasteiger partial charge is 0.493 e. The molecule has 0 aliphatic carbocycles. The van der Waals surface area contributed by atoms with Crippen LogP contribution in [0.5, 0.6) is 11.5 Å². The zero-order valence-electron chi connectivity index (χ0n) is 12.3. The van der Waals surface area contributed by atoms with E-state index >= 15 is 0 Å². The van der Waals surface area contributed by atoms with Crippen LogP contribution in [0.25, 0.3) is 0 Å². The predicted octanol–water partition coefficient (Wildman–Crippen LogP) is 3.20. The number of ether oxygens (including phenoxy) is 2. The van der Waals surface area contributed by atoms with Crippen molar-refractivity contribution in [3.8, 4) is 11.5 Å². The van der Waals surface area contributed by atoms with E-state index in [1.54, 1.807) is 24.7 Å². The fourth-order valence-corrected chi connectivity index (χ4v) is 2.34. The summed E-state index contributed by atoms with van der Waals surface area (Å²) >= 11 is 5.99. The van der Waals surface area contributed by atoms with Crippen LogP contribution in [0.2, 0.25) is 5.02 Å². The molecule has 0 saturated heterocycles. The van der Waals surface area contributed by atoms with Crippen molar-refractivity contribution < 1.29 is 14.6 Å². The molecule has 0 atom stereocenters. The van der Waals surface area contributed by atoms with Crippen molar-refractivity contribution in [2.75, 3.05) is 7.11 Å². The number of halogens is 1. The van der Waals surface area contributed by atoms with Gasteiger partial charge in [-0.25, -0.2) is 4.98 Å². The van der Waals surface area contributed by atoms with Gasteiger partial charge in [0.15, 0.2) is 11.5 Å². The average Bonchev–Trinajstić information content (AvgIpc) is 2.93. The molecule has 0 aliphatic rings. The lowest BCUT2D eigenvalue weighted by Crippen LogP contribution is -2.08. The summed E-state index contributed by atoms with van der Waals surface area (Å²) in [5, 5.41) is 9.95. The van der Waals surface area contributed by atoms with Gasteiger partial charge in [0.1, 0.15) is 6.61 Å². The third-order valence-electron chi connectivity index (χ3n) is 3.15. The van der Waals surface area contributed by atoms with Crippen LogP contribution in [0, 0.1) is 0 Å². The number of hydrogen-bond donors (Lipinski definition) is 1. The lowest BCUT2D eigenvalue weighted by atomic mass is 10.2. The number of aromatic nitrogens is 2. The number of nitrogens with zero attached hydrogens (tertiary/aromatic N) is 2. The smallest absolute Gasteiger partial charge is 0.167 e. The van der Waals surface area contributed by atoms with Crippen molar-refractivity contribution in [2.45, 2.75) is 33.1 Å². The number of rotatable bonds is 6. The molecular weight excluding hydrogens is 292 g/mol. The van der Waals surface area contributed by atoms with Gasteiger partial charge in [0, 0.05) is 22.7 Å². The van der Waals surface area contributed by atoms with E-state index in [1.807, 2.05) is 4.57 Å². The van der Waals surface area contributed by atoms with E-state index in [0.717, 1.165) is 5.69 Å². The molecule has 21 heavy (non-hydrogen) atoms. The quantitative estimate of drug-likeness (QED) is 0.890. The van der Waals surface area contributed by atoms with Gasteiger partial charge in [0.05, 0.1) is 31.9 Å². The minimum Gasteiger partial charge on any atom is -0.493 e. The van der Waals surface area contributed by atoms with E-state index in [9.17, 15) is 5.11 Å². The van der Waals surface area contributed by atoms with E-state index in [0.29, 0.717) is 34.7 Å². The molecule has 0 amide bonds. The van der Waals surface area contributed by atoms with Crippen LogP contribution in [-0.2, 0) is 13.2 Å². The van der Waals surface area contributed by atoms with Gasteiger partial charge in [-0.05, 0) is 19.9 Å². The average molecular weight is 311 g/mol. The first kappa shape index (κ1) is 15.7. The van der Waals surface area contributed by atoms with E-state index in [-0.39, 0.29) is 6.61 Å². The summed E-state index contributed by atoms with van der Waals surface area (Å²) in [5.41, 5.74) is 1.54. The van der Waals surface area contributed by atoms with Crippen LogP contribution in [0.1, 0.15) is 31.1 Å². The molecule has 6 heteroatoms. The highest BCUT2D eigenvalue weighted by Gasteiger charge is 2.14. The number of imidazole rings is 1. The topological polar surface area (TPSA) is 56.5 Å². The normalized spacial score (nSPS) is 11.0. The van der Waals surface area contributed by atoms with Crippen LogP contribution >= 0.6 is 11.6 Å². The summed E-state index contributed by atoms with van der Waals surface area (Å²) < 4.78 is 13.1. The molecule has 1 N–H and O–H groups in total. The Labute approximate surface area is 129 Å². The van der Waals surface area contributed by atoms with E-state index in [2.05, 4.69) is 18.8 Å². The molecule has 5 nitrogen and oxygen atoms in total. The summed E-state index contributed by atoms with van der Waals surface area (Å²) in [6, 6.07) is 3.63. The number of hydrogen-bond acceptors (Lipinski definition) is 4. The third-order valence-corrected chi connectivity index (χ3v) is 3.37. The highest BCUT2D eigenvalue weighted by molar-refractivity contribution is 6.30. The van der Waals surface area contributed by atoms with E-state index in [1.165, 1.54) is 7.11 Å². The summed E-state index contributed by atoms with van der Waals surface area (Å²) in [4.78, 5) is 4.14. The number of aliphatic hydroxyl groups is 1. The molecule has 0 aliphatic heterocycles. The van der Waals surface area contributed by atoms with Crippen LogP contribution in [0.4, 0.5) is 0 Å². The molecule has 0 radical (unpaired) electrons. The summed E-state index contributed by atoms with van der Waals surface area (Å²) in [7, 11) is 1.54. The molecule has 0 saturated carbocycles. The van der Waals surface area contributed by atoms with Crippen molar-refractivity contribution in [3.05, 3.63) is 40.9 Å². The molecule has 0 unspecified atom stereocenters. The number of aliphatic hydroxyl groups excluding tert-OH is 1. The minimum atomic E-state index is -0.171. The zero-order valence-corrected chi connectivity index (χ0v) is 13.1. The van der Waals surface area contributed by atoms with Crippen molar-refractivity contribution in [2.24, 2.45) is 0 Å². The Morgan fingerprint density at radius 2 is 2.14 bits per heavy atom. The van der Waals surface area contributed by atoms with Gasteiger partial charge in [0.25, 0.3) is 0 Å². The van der Waals surface area contributed by atoms with Gasteiger partial charge in [-0.1, -0.05) is 11.6 Å². The van der Waals surface area contributed by atoms with Crippen LogP contribution < -0.4 is 9.47 Å². The summed E-state index contributed by atoms with van der Waals surface area (Å²) in [6.07, 6.45) is 3.54. The molecule has 2 aromatic rings. The molecule has 1 aromatic heterocycles. The Bertz CT molecular complexity index is 586. The highest BCUT2D eigenvalue weighted by atomic mass is 35.5. The maximum Gasteiger partial charge on any atom is 0.167 e. The molecule has 1 heterocycles. The second kappa shape index (κ2) is 6.83. The molecule has 0 bridgehead atoms. The van der Waals surface area contributed by atoms with Gasteiger partial charge in [-0.15, -0.1) is 0 Å². The van der Waals surface area contributed by atoms with Gasteiger partial charge < -0.3 is 19.1 Å². The minimum absolute atomic E-state index is 0.171. The fraction of sp³-hybridized carbons (Fsp3) is 0.400. The van der Waals surface area contributed by atoms with Crippen LogP contribution in [0.15, 0.2) is 24.7 Å². The van der Waals surface area contributed by atoms with Crippen LogP contribution in [-0.4, -0.2) is 21.8 Å². The second-order valence-electron chi connectivity index (χ2n) is 4.93. The molecule has 114 valence electrons. The monoisotopic (exact) mass is 310 g/mol. The SMILES string of the molecule is COc1cc(Cl)cc(CO)c1OCc1cncn1C(C)C. The second-order valence-corrected chi connectivity index (χ2v) is 5.37. The van der Waals surface area contributed by atoms with Crippen molar-refractivity contribution in [1.82, 2.24) is 9.55 Å². The van der Waals surface area contributed by atoms with E-state index < -0.39 is 0 Å². The molecular formula is C15H19ClN2O3. The fourth-order valence-electron chi connectivity index (χ4n) is 2.11. The van der Waals surface area contributed by atoms with E-state index in [4.69, 9.17) is 21.1 Å². The Morgan fingerprint density at radius 1 is 1.38 bits per heavy atom. The maximum absolute atomic E-state index is 9.45. The first-order chi connectivity index (χ1) is 10.1. The molecule has 2 rings (SSSR count). The van der Waals surface area contributed by atoms with Crippen molar-refractivity contribution >= 4 is 11.6 Å². The Balaban J connectivity index is 2.25. The van der Waals surface area contributed by atoms with Crippen LogP contribution in [0.3, 0.4) is 0 Å². The highest BCUT2D eigenvalue weighted by Crippen LogP contribution is 2.35. The maximum atomic E-state index is 9.45. The summed E-state index contributed by atoms with van der Waals surface area (Å²) in [5.74, 6) is 1.00. The predicted molar refractivity (Wildman–Crippen MR) is 80.9 cm³/mol. The Morgan fingerprint density at radius 3 is 2.76 bits per heavy atom. The number of benzene rings is 1. The number of methoxy groups -OCH3 is 1. The summed E-state index contributed by atoms with van der Waals surface area (Å²) in [6.45, 7) is 4.32. The zero-order chi connectivity index (χ0) is 15.4. The Hall–Kier alpha value is -1.72. The molecule has 1 aromatic carbocycles. The first-order valence-corrected chi connectivity index (χ1v) is 7.05. The Kier molecular flexibility index (Phi) is 5.09.